The van der Waals surface area contributed by atoms with Crippen LogP contribution in [0.25, 0.3) is 0 Å². The number of hydrogen-bond donors (Lipinski definition) is 1. The number of rotatable bonds is 5. The van der Waals surface area contributed by atoms with Gasteiger partial charge in [0.1, 0.15) is 0 Å². The van der Waals surface area contributed by atoms with E-state index in [1.807, 2.05) is 24.3 Å². The fourth-order valence-corrected chi connectivity index (χ4v) is 1.62. The molecule has 0 aromatic heterocycles. The van der Waals surface area contributed by atoms with Gasteiger partial charge in [-0.15, -0.1) is 0 Å². The van der Waals surface area contributed by atoms with Gasteiger partial charge in [0.25, 0.3) is 0 Å². The van der Waals surface area contributed by atoms with Crippen molar-refractivity contribution in [2.45, 2.75) is 38.6 Å². The van der Waals surface area contributed by atoms with Crippen LogP contribution in [0.5, 0.6) is 0 Å². The van der Waals surface area contributed by atoms with Crippen molar-refractivity contribution in [2.24, 2.45) is 5.73 Å². The molecule has 1 aromatic rings. The first-order chi connectivity index (χ1) is 6.74. The molecule has 1 unspecified atom stereocenters. The van der Waals surface area contributed by atoms with Gasteiger partial charge in [-0.05, 0) is 24.1 Å². The second kappa shape index (κ2) is 6.05. The van der Waals surface area contributed by atoms with E-state index in [0.717, 1.165) is 11.4 Å². The van der Waals surface area contributed by atoms with Crippen molar-refractivity contribution >= 4 is 11.6 Å². The van der Waals surface area contributed by atoms with Crippen molar-refractivity contribution in [1.29, 1.82) is 0 Å². The highest BCUT2D eigenvalue weighted by molar-refractivity contribution is 6.30. The topological polar surface area (TPSA) is 26.0 Å². The molecular formula is C12H18ClN. The first kappa shape index (κ1) is 11.5. The minimum Gasteiger partial charge on any atom is -0.324 e. The van der Waals surface area contributed by atoms with Gasteiger partial charge in [-0.25, -0.2) is 0 Å². The lowest BCUT2D eigenvalue weighted by atomic mass is 10.0. The summed E-state index contributed by atoms with van der Waals surface area (Å²) in [7, 11) is 0. The van der Waals surface area contributed by atoms with Crippen LogP contribution >= 0.6 is 11.6 Å². The molecule has 14 heavy (non-hydrogen) atoms. The number of halogens is 1. The molecule has 0 fully saturated rings. The third kappa shape index (κ3) is 3.69. The van der Waals surface area contributed by atoms with Crippen molar-refractivity contribution < 1.29 is 0 Å². The summed E-state index contributed by atoms with van der Waals surface area (Å²) in [4.78, 5) is 0. The molecule has 0 aliphatic heterocycles. The molecule has 2 N–H and O–H groups in total. The number of nitrogens with two attached hydrogens (primary N) is 1. The lowest BCUT2D eigenvalue weighted by molar-refractivity contribution is 0.581. The maximum Gasteiger partial charge on any atom is 0.0406 e. The van der Waals surface area contributed by atoms with Crippen LogP contribution in [0.3, 0.4) is 0 Å². The summed E-state index contributed by atoms with van der Waals surface area (Å²) in [6.45, 7) is 2.20. The summed E-state index contributed by atoms with van der Waals surface area (Å²) in [5.41, 5.74) is 7.23. The average molecular weight is 212 g/mol. The monoisotopic (exact) mass is 211 g/mol. The van der Waals surface area contributed by atoms with Crippen LogP contribution < -0.4 is 5.73 Å². The van der Waals surface area contributed by atoms with Crippen LogP contribution in [0.1, 0.15) is 44.2 Å². The summed E-state index contributed by atoms with van der Waals surface area (Å²) >= 11 is 5.80. The van der Waals surface area contributed by atoms with E-state index >= 15 is 0 Å². The lowest BCUT2D eigenvalue weighted by Gasteiger charge is -2.11. The standard InChI is InChI=1S/C12H18ClN/c1-2-3-4-5-12(14)10-6-8-11(13)9-7-10/h6-9,12H,2-5,14H2,1H3. The molecule has 1 atom stereocenters. The van der Waals surface area contributed by atoms with Gasteiger partial charge in [-0.2, -0.15) is 0 Å². The molecule has 0 aliphatic carbocycles. The van der Waals surface area contributed by atoms with Crippen molar-refractivity contribution in [3.8, 4) is 0 Å². The van der Waals surface area contributed by atoms with Crippen LogP contribution in [0.2, 0.25) is 5.02 Å². The van der Waals surface area contributed by atoms with Crippen molar-refractivity contribution in [3.05, 3.63) is 34.9 Å². The van der Waals surface area contributed by atoms with E-state index in [1.165, 1.54) is 24.8 Å². The Kier molecular flexibility index (Phi) is 4.99. The molecule has 0 saturated heterocycles. The Labute approximate surface area is 91.3 Å². The normalized spacial score (nSPS) is 12.8. The quantitative estimate of drug-likeness (QED) is 0.735. The van der Waals surface area contributed by atoms with E-state index in [-0.39, 0.29) is 6.04 Å². The number of hydrogen-bond acceptors (Lipinski definition) is 1. The van der Waals surface area contributed by atoms with Crippen LogP contribution in [0, 0.1) is 0 Å². The third-order valence-electron chi connectivity index (χ3n) is 2.42. The second-order valence-electron chi connectivity index (χ2n) is 3.65. The molecule has 0 heterocycles. The summed E-state index contributed by atoms with van der Waals surface area (Å²) in [6, 6.07) is 7.99. The molecule has 0 spiro atoms. The Balaban J connectivity index is 2.43. The molecule has 0 aliphatic rings. The van der Waals surface area contributed by atoms with Gasteiger partial charge >= 0.3 is 0 Å². The molecular weight excluding hydrogens is 194 g/mol. The predicted molar refractivity (Wildman–Crippen MR) is 62.5 cm³/mol. The van der Waals surface area contributed by atoms with Gasteiger partial charge in [0.15, 0.2) is 0 Å². The summed E-state index contributed by atoms with van der Waals surface area (Å²) in [5, 5.41) is 0.773. The smallest absolute Gasteiger partial charge is 0.0406 e. The zero-order chi connectivity index (χ0) is 10.4. The number of benzene rings is 1. The minimum atomic E-state index is 0.166. The maximum atomic E-state index is 6.04. The fourth-order valence-electron chi connectivity index (χ4n) is 1.49. The predicted octanol–water partition coefficient (Wildman–Crippen LogP) is 3.92. The maximum absolute atomic E-state index is 6.04. The number of unbranched alkanes of at least 4 members (excludes halogenated alkanes) is 2. The van der Waals surface area contributed by atoms with E-state index in [1.54, 1.807) is 0 Å². The van der Waals surface area contributed by atoms with Crippen LogP contribution in [0.15, 0.2) is 24.3 Å². The summed E-state index contributed by atoms with van der Waals surface area (Å²) in [5.74, 6) is 0. The second-order valence-corrected chi connectivity index (χ2v) is 4.09. The van der Waals surface area contributed by atoms with E-state index in [4.69, 9.17) is 17.3 Å². The SMILES string of the molecule is CCCCCC(N)c1ccc(Cl)cc1. The third-order valence-corrected chi connectivity index (χ3v) is 2.67. The largest absolute Gasteiger partial charge is 0.324 e. The van der Waals surface area contributed by atoms with Crippen molar-refractivity contribution in [1.82, 2.24) is 0 Å². The molecule has 1 rings (SSSR count). The summed E-state index contributed by atoms with van der Waals surface area (Å²) < 4.78 is 0. The minimum absolute atomic E-state index is 0.166. The molecule has 1 nitrogen and oxygen atoms in total. The van der Waals surface area contributed by atoms with Gasteiger partial charge in [0.05, 0.1) is 0 Å². The summed E-state index contributed by atoms with van der Waals surface area (Å²) in [6.07, 6.45) is 4.78. The van der Waals surface area contributed by atoms with Gasteiger partial charge in [-0.3, -0.25) is 0 Å². The van der Waals surface area contributed by atoms with E-state index < -0.39 is 0 Å². The Morgan fingerprint density at radius 2 is 1.86 bits per heavy atom. The van der Waals surface area contributed by atoms with Crippen LogP contribution in [-0.4, -0.2) is 0 Å². The van der Waals surface area contributed by atoms with E-state index in [0.29, 0.717) is 0 Å². The molecule has 78 valence electrons. The first-order valence-corrected chi connectivity index (χ1v) is 5.63. The first-order valence-electron chi connectivity index (χ1n) is 5.25. The van der Waals surface area contributed by atoms with Crippen molar-refractivity contribution in [2.75, 3.05) is 0 Å². The van der Waals surface area contributed by atoms with E-state index in [9.17, 15) is 0 Å². The molecule has 0 radical (unpaired) electrons. The highest BCUT2D eigenvalue weighted by Crippen LogP contribution is 2.19. The highest BCUT2D eigenvalue weighted by atomic mass is 35.5. The highest BCUT2D eigenvalue weighted by Gasteiger charge is 2.04. The van der Waals surface area contributed by atoms with Gasteiger partial charge < -0.3 is 5.73 Å². The van der Waals surface area contributed by atoms with Crippen LogP contribution in [-0.2, 0) is 0 Å². The molecule has 0 saturated carbocycles. The molecule has 2 heteroatoms. The Hall–Kier alpha value is -0.530. The van der Waals surface area contributed by atoms with Gasteiger partial charge in [0, 0.05) is 11.1 Å². The molecule has 1 aromatic carbocycles. The van der Waals surface area contributed by atoms with Crippen molar-refractivity contribution in [3.63, 3.8) is 0 Å². The Bertz CT molecular complexity index is 256. The Morgan fingerprint density at radius 3 is 2.43 bits per heavy atom. The van der Waals surface area contributed by atoms with Gasteiger partial charge in [0.2, 0.25) is 0 Å². The average Bonchev–Trinajstić information content (AvgIpc) is 2.19. The fraction of sp³-hybridized carbons (Fsp3) is 0.500. The van der Waals surface area contributed by atoms with Crippen LogP contribution in [0.4, 0.5) is 0 Å². The zero-order valence-corrected chi connectivity index (χ0v) is 9.43. The molecule has 0 bridgehead atoms. The zero-order valence-electron chi connectivity index (χ0n) is 8.67. The molecule has 0 amide bonds. The van der Waals surface area contributed by atoms with Gasteiger partial charge in [-0.1, -0.05) is 49.9 Å². The lowest BCUT2D eigenvalue weighted by Crippen LogP contribution is -2.09. The van der Waals surface area contributed by atoms with E-state index in [2.05, 4.69) is 6.92 Å². The Morgan fingerprint density at radius 1 is 1.21 bits per heavy atom.